The summed E-state index contributed by atoms with van der Waals surface area (Å²) in [6.07, 6.45) is 4.44. The number of amides is 1. The van der Waals surface area contributed by atoms with Crippen molar-refractivity contribution in [3.63, 3.8) is 0 Å². The van der Waals surface area contributed by atoms with Gasteiger partial charge in [-0.05, 0) is 57.2 Å². The minimum atomic E-state index is 0. The first-order valence-electron chi connectivity index (χ1n) is 9.83. The summed E-state index contributed by atoms with van der Waals surface area (Å²) >= 11 is 0. The van der Waals surface area contributed by atoms with Gasteiger partial charge in [0.1, 0.15) is 0 Å². The summed E-state index contributed by atoms with van der Waals surface area (Å²) in [5.74, 6) is 0.203. The Morgan fingerprint density at radius 3 is 2.82 bits per heavy atom. The summed E-state index contributed by atoms with van der Waals surface area (Å²) in [5.41, 5.74) is 10.9. The van der Waals surface area contributed by atoms with Crippen molar-refractivity contribution < 1.29 is 4.79 Å². The number of hydrogen-bond donors (Lipinski definition) is 1. The molecule has 1 aliphatic heterocycles. The highest BCUT2D eigenvalue weighted by atomic mass is 35.5. The lowest BCUT2D eigenvalue weighted by atomic mass is 10.0. The van der Waals surface area contributed by atoms with Gasteiger partial charge in [0.25, 0.3) is 0 Å². The van der Waals surface area contributed by atoms with Crippen LogP contribution in [0.25, 0.3) is 16.6 Å². The van der Waals surface area contributed by atoms with Crippen molar-refractivity contribution in [1.82, 2.24) is 19.5 Å². The van der Waals surface area contributed by atoms with Crippen LogP contribution in [0.4, 0.5) is 0 Å². The molecule has 7 heteroatoms. The minimum absolute atomic E-state index is 0. The second-order valence-corrected chi connectivity index (χ2v) is 7.49. The van der Waals surface area contributed by atoms with Crippen molar-refractivity contribution >= 4 is 34.9 Å². The standard InChI is InChI=1S/C21H27N5O.ClH/c1-14-17(10-11-20(27)25-12-6-5-7-16(25)13-22)15(2)26-21(23-14)18-8-3-4-9-19(18)24-26;/h3-4,8-9,16H,5-7,10-13,22H2,1-2H3;1H. The van der Waals surface area contributed by atoms with Crippen LogP contribution in [0.15, 0.2) is 24.3 Å². The van der Waals surface area contributed by atoms with E-state index < -0.39 is 0 Å². The number of benzene rings is 1. The van der Waals surface area contributed by atoms with Crippen molar-refractivity contribution in [2.24, 2.45) is 5.73 Å². The van der Waals surface area contributed by atoms with Crippen LogP contribution in [0.5, 0.6) is 0 Å². The molecule has 4 rings (SSSR count). The van der Waals surface area contributed by atoms with Crippen LogP contribution in [0.3, 0.4) is 0 Å². The van der Waals surface area contributed by atoms with Crippen LogP contribution >= 0.6 is 12.4 Å². The summed E-state index contributed by atoms with van der Waals surface area (Å²) in [6.45, 7) is 5.48. The van der Waals surface area contributed by atoms with Gasteiger partial charge >= 0.3 is 0 Å². The fourth-order valence-corrected chi connectivity index (χ4v) is 4.29. The van der Waals surface area contributed by atoms with Gasteiger partial charge in [0.2, 0.25) is 5.91 Å². The molecule has 0 aliphatic carbocycles. The molecule has 2 N–H and O–H groups in total. The van der Waals surface area contributed by atoms with E-state index in [1.165, 1.54) is 0 Å². The Hall–Kier alpha value is -2.18. The van der Waals surface area contributed by atoms with Crippen molar-refractivity contribution in [1.29, 1.82) is 0 Å². The average molecular weight is 402 g/mol. The van der Waals surface area contributed by atoms with E-state index in [4.69, 9.17) is 15.8 Å². The molecule has 1 fully saturated rings. The lowest BCUT2D eigenvalue weighted by Crippen LogP contribution is -2.47. The van der Waals surface area contributed by atoms with E-state index >= 15 is 0 Å². The molecular formula is C21H28ClN5O. The zero-order valence-electron chi connectivity index (χ0n) is 16.5. The van der Waals surface area contributed by atoms with Gasteiger partial charge in [-0.15, -0.1) is 12.4 Å². The molecule has 150 valence electrons. The first-order chi connectivity index (χ1) is 13.1. The summed E-state index contributed by atoms with van der Waals surface area (Å²) in [4.78, 5) is 19.6. The molecule has 2 aromatic heterocycles. The molecule has 3 aromatic rings. The highest BCUT2D eigenvalue weighted by Gasteiger charge is 2.25. The third-order valence-corrected chi connectivity index (χ3v) is 5.83. The quantitative estimate of drug-likeness (QED) is 0.728. The minimum Gasteiger partial charge on any atom is -0.338 e. The molecule has 0 radical (unpaired) electrons. The largest absolute Gasteiger partial charge is 0.338 e. The molecule has 1 amide bonds. The number of likely N-dealkylation sites (tertiary alicyclic amines) is 1. The number of nitrogens with zero attached hydrogens (tertiary/aromatic N) is 4. The number of rotatable bonds is 4. The molecule has 1 unspecified atom stereocenters. The third kappa shape index (κ3) is 3.59. The van der Waals surface area contributed by atoms with Crippen LogP contribution in [-0.4, -0.2) is 44.5 Å². The number of fused-ring (bicyclic) bond motifs is 3. The van der Waals surface area contributed by atoms with E-state index in [0.29, 0.717) is 19.4 Å². The number of nitrogens with two attached hydrogens (primary N) is 1. The van der Waals surface area contributed by atoms with E-state index in [0.717, 1.165) is 59.3 Å². The summed E-state index contributed by atoms with van der Waals surface area (Å²) in [5, 5.41) is 5.76. The van der Waals surface area contributed by atoms with E-state index in [-0.39, 0.29) is 24.4 Å². The first-order valence-corrected chi connectivity index (χ1v) is 9.83. The van der Waals surface area contributed by atoms with Gasteiger partial charge in [0.05, 0.1) is 5.52 Å². The SMILES string of the molecule is Cc1nc2c3ccccc3nn2c(C)c1CCC(=O)N1CCCCC1CN.Cl. The van der Waals surface area contributed by atoms with Crippen LogP contribution in [-0.2, 0) is 11.2 Å². The van der Waals surface area contributed by atoms with Gasteiger partial charge in [-0.25, -0.2) is 9.50 Å². The number of aryl methyl sites for hydroxylation is 2. The topological polar surface area (TPSA) is 76.5 Å². The third-order valence-electron chi connectivity index (χ3n) is 5.83. The normalized spacial score (nSPS) is 17.1. The molecule has 28 heavy (non-hydrogen) atoms. The molecule has 1 saturated heterocycles. The zero-order chi connectivity index (χ0) is 19.0. The number of carbonyl (C=O) groups is 1. The van der Waals surface area contributed by atoms with Crippen LogP contribution in [0.1, 0.15) is 42.6 Å². The van der Waals surface area contributed by atoms with E-state index in [1.807, 2.05) is 34.5 Å². The number of piperidine rings is 1. The molecule has 1 aromatic carbocycles. The van der Waals surface area contributed by atoms with Crippen LogP contribution in [0, 0.1) is 13.8 Å². The van der Waals surface area contributed by atoms with E-state index in [1.54, 1.807) is 0 Å². The van der Waals surface area contributed by atoms with Gasteiger partial charge in [-0.1, -0.05) is 12.1 Å². The average Bonchev–Trinajstić information content (AvgIpc) is 3.06. The Morgan fingerprint density at radius 2 is 2.04 bits per heavy atom. The Bertz CT molecular complexity index is 999. The number of carbonyl (C=O) groups excluding carboxylic acids is 1. The predicted octanol–water partition coefficient (Wildman–Crippen LogP) is 3.19. The molecule has 0 bridgehead atoms. The summed E-state index contributed by atoms with van der Waals surface area (Å²) in [6, 6.07) is 8.25. The highest BCUT2D eigenvalue weighted by Crippen LogP contribution is 2.24. The summed E-state index contributed by atoms with van der Waals surface area (Å²) in [7, 11) is 0. The molecule has 6 nitrogen and oxygen atoms in total. The Balaban J connectivity index is 0.00000225. The van der Waals surface area contributed by atoms with E-state index in [2.05, 4.69) is 13.0 Å². The molecule has 0 saturated carbocycles. The number of hydrogen-bond acceptors (Lipinski definition) is 4. The predicted molar refractivity (Wildman–Crippen MR) is 114 cm³/mol. The lowest BCUT2D eigenvalue weighted by Gasteiger charge is -2.35. The Labute approximate surface area is 171 Å². The first kappa shape index (κ1) is 20.6. The second kappa shape index (κ2) is 8.45. The van der Waals surface area contributed by atoms with Gasteiger partial charge in [-0.3, -0.25) is 4.79 Å². The zero-order valence-corrected chi connectivity index (χ0v) is 17.3. The number of halogens is 1. The van der Waals surface area contributed by atoms with Gasteiger partial charge in [-0.2, -0.15) is 5.10 Å². The van der Waals surface area contributed by atoms with Crippen molar-refractivity contribution in [2.45, 2.75) is 52.0 Å². The van der Waals surface area contributed by atoms with Crippen molar-refractivity contribution in [3.8, 4) is 0 Å². The van der Waals surface area contributed by atoms with Gasteiger partial charge in [0.15, 0.2) is 5.65 Å². The molecule has 0 spiro atoms. The van der Waals surface area contributed by atoms with E-state index in [9.17, 15) is 4.79 Å². The van der Waals surface area contributed by atoms with Gasteiger partial charge < -0.3 is 10.6 Å². The maximum atomic E-state index is 12.8. The highest BCUT2D eigenvalue weighted by molar-refractivity contribution is 5.92. The van der Waals surface area contributed by atoms with Crippen molar-refractivity contribution in [2.75, 3.05) is 13.1 Å². The monoisotopic (exact) mass is 401 g/mol. The molecule has 1 atom stereocenters. The Kier molecular flexibility index (Phi) is 6.20. The maximum Gasteiger partial charge on any atom is 0.223 e. The molecular weight excluding hydrogens is 374 g/mol. The maximum absolute atomic E-state index is 12.8. The molecule has 1 aliphatic rings. The fraction of sp³-hybridized carbons (Fsp3) is 0.476. The van der Waals surface area contributed by atoms with Gasteiger partial charge in [0, 0.05) is 42.3 Å². The Morgan fingerprint density at radius 1 is 1.25 bits per heavy atom. The van der Waals surface area contributed by atoms with Crippen LogP contribution in [0.2, 0.25) is 0 Å². The number of aromatic nitrogens is 3. The lowest BCUT2D eigenvalue weighted by molar-refractivity contribution is -0.134. The van der Waals surface area contributed by atoms with Crippen LogP contribution < -0.4 is 5.73 Å². The second-order valence-electron chi connectivity index (χ2n) is 7.49. The fourth-order valence-electron chi connectivity index (χ4n) is 4.29. The molecule has 3 heterocycles. The summed E-state index contributed by atoms with van der Waals surface area (Å²) < 4.78 is 1.92. The smallest absolute Gasteiger partial charge is 0.223 e. The van der Waals surface area contributed by atoms with Crippen molar-refractivity contribution in [3.05, 3.63) is 41.2 Å².